The first-order valence-corrected chi connectivity index (χ1v) is 8.34. The van der Waals surface area contributed by atoms with Gasteiger partial charge in [0.1, 0.15) is 11.3 Å². The number of thiophene rings is 1. The average molecular weight is 318 g/mol. The van der Waals surface area contributed by atoms with Crippen molar-refractivity contribution in [2.75, 3.05) is 0 Å². The largest absolute Gasteiger partial charge is 0.455 e. The number of fused-ring (bicyclic) bond motifs is 1. The Morgan fingerprint density at radius 1 is 0.957 bits per heavy atom. The van der Waals surface area contributed by atoms with Gasteiger partial charge in [-0.25, -0.2) is 0 Å². The summed E-state index contributed by atoms with van der Waals surface area (Å²) in [5.74, 6) is 0.632. The molecule has 2 nitrogen and oxygen atoms in total. The molecule has 3 heteroatoms. The Labute approximate surface area is 137 Å². The van der Waals surface area contributed by atoms with Crippen LogP contribution in [0.25, 0.3) is 33.4 Å². The van der Waals surface area contributed by atoms with Crippen molar-refractivity contribution in [1.82, 2.24) is 0 Å². The van der Waals surface area contributed by atoms with Gasteiger partial charge in [-0.05, 0) is 41.4 Å². The standard InChI is InChI=1S/C20H14O2S/c1-13-7-8-16-17(11-13)22-20(14-5-3-2-4-6-14)18(19(16)21)15-9-10-23-12-15/h2-12H,1H3. The first kappa shape index (κ1) is 14.0. The second-order valence-corrected chi connectivity index (χ2v) is 6.29. The van der Waals surface area contributed by atoms with E-state index in [4.69, 9.17) is 4.42 Å². The van der Waals surface area contributed by atoms with Crippen LogP contribution in [0, 0.1) is 6.92 Å². The predicted octanol–water partition coefficient (Wildman–Crippen LogP) is 5.50. The molecule has 0 N–H and O–H groups in total. The minimum absolute atomic E-state index is 0.0171. The lowest BCUT2D eigenvalue weighted by Gasteiger charge is -2.09. The molecule has 0 aliphatic heterocycles. The fourth-order valence-corrected chi connectivity index (χ4v) is 3.41. The fourth-order valence-electron chi connectivity index (χ4n) is 2.76. The molecule has 0 unspecified atom stereocenters. The highest BCUT2D eigenvalue weighted by Gasteiger charge is 2.17. The molecule has 0 aliphatic carbocycles. The second-order valence-electron chi connectivity index (χ2n) is 5.51. The van der Waals surface area contributed by atoms with Crippen molar-refractivity contribution in [2.45, 2.75) is 6.92 Å². The Morgan fingerprint density at radius 3 is 2.52 bits per heavy atom. The van der Waals surface area contributed by atoms with Crippen LogP contribution in [0.15, 0.2) is 74.6 Å². The van der Waals surface area contributed by atoms with Gasteiger partial charge in [0.25, 0.3) is 0 Å². The molecular weight excluding hydrogens is 304 g/mol. The summed E-state index contributed by atoms with van der Waals surface area (Å²) < 4.78 is 6.17. The van der Waals surface area contributed by atoms with E-state index in [1.165, 1.54) is 0 Å². The van der Waals surface area contributed by atoms with E-state index >= 15 is 0 Å². The molecule has 0 saturated carbocycles. The first-order valence-electron chi connectivity index (χ1n) is 7.39. The van der Waals surface area contributed by atoms with Crippen molar-refractivity contribution in [2.24, 2.45) is 0 Å². The molecule has 2 aromatic carbocycles. The number of hydrogen-bond acceptors (Lipinski definition) is 3. The van der Waals surface area contributed by atoms with Gasteiger partial charge in [-0.2, -0.15) is 11.3 Å². The van der Waals surface area contributed by atoms with Gasteiger partial charge in [-0.15, -0.1) is 0 Å². The summed E-state index contributed by atoms with van der Waals surface area (Å²) in [4.78, 5) is 13.1. The number of rotatable bonds is 2. The van der Waals surface area contributed by atoms with Crippen LogP contribution < -0.4 is 5.43 Å². The Bertz CT molecular complexity index is 1030. The normalized spacial score (nSPS) is 11.0. The summed E-state index contributed by atoms with van der Waals surface area (Å²) in [6, 6.07) is 17.5. The van der Waals surface area contributed by atoms with Crippen LogP contribution in [-0.4, -0.2) is 0 Å². The quantitative estimate of drug-likeness (QED) is 0.489. The van der Waals surface area contributed by atoms with E-state index in [0.717, 1.165) is 16.7 Å². The van der Waals surface area contributed by atoms with Crippen LogP contribution in [-0.2, 0) is 0 Å². The highest BCUT2D eigenvalue weighted by Crippen LogP contribution is 2.33. The van der Waals surface area contributed by atoms with Crippen LogP contribution in [0.2, 0.25) is 0 Å². The van der Waals surface area contributed by atoms with E-state index in [2.05, 4.69) is 0 Å². The maximum atomic E-state index is 13.1. The molecule has 4 aromatic rings. The zero-order chi connectivity index (χ0) is 15.8. The molecular formula is C20H14O2S. The third-order valence-electron chi connectivity index (χ3n) is 3.89. The van der Waals surface area contributed by atoms with E-state index < -0.39 is 0 Å². The summed E-state index contributed by atoms with van der Waals surface area (Å²) >= 11 is 1.57. The zero-order valence-corrected chi connectivity index (χ0v) is 13.4. The molecule has 112 valence electrons. The number of benzene rings is 2. The number of hydrogen-bond donors (Lipinski definition) is 0. The van der Waals surface area contributed by atoms with Crippen molar-refractivity contribution < 1.29 is 4.42 Å². The number of aryl methyl sites for hydroxylation is 1. The lowest BCUT2D eigenvalue weighted by molar-refractivity contribution is 0.620. The topological polar surface area (TPSA) is 30.2 Å². The van der Waals surface area contributed by atoms with Crippen molar-refractivity contribution in [3.05, 3.63) is 81.1 Å². The predicted molar refractivity (Wildman–Crippen MR) is 96.0 cm³/mol. The highest BCUT2D eigenvalue weighted by atomic mass is 32.1. The summed E-state index contributed by atoms with van der Waals surface area (Å²) in [5.41, 5.74) is 4.17. The van der Waals surface area contributed by atoms with E-state index in [0.29, 0.717) is 22.3 Å². The molecule has 0 saturated heterocycles. The van der Waals surface area contributed by atoms with Gasteiger partial charge in [0.05, 0.1) is 10.9 Å². The molecule has 0 fully saturated rings. The summed E-state index contributed by atoms with van der Waals surface area (Å²) in [7, 11) is 0. The lowest BCUT2D eigenvalue weighted by atomic mass is 10.00. The fraction of sp³-hybridized carbons (Fsp3) is 0.0500. The van der Waals surface area contributed by atoms with E-state index in [9.17, 15) is 4.79 Å². The summed E-state index contributed by atoms with van der Waals surface area (Å²) in [6.45, 7) is 1.99. The third kappa shape index (κ3) is 2.39. The van der Waals surface area contributed by atoms with Crippen LogP contribution in [0.3, 0.4) is 0 Å². The molecule has 0 atom stereocenters. The molecule has 2 heterocycles. The summed E-state index contributed by atoms with van der Waals surface area (Å²) in [5, 5.41) is 4.58. The molecule has 23 heavy (non-hydrogen) atoms. The van der Waals surface area contributed by atoms with Crippen molar-refractivity contribution in [3.63, 3.8) is 0 Å². The van der Waals surface area contributed by atoms with Gasteiger partial charge in [0.15, 0.2) is 0 Å². The zero-order valence-electron chi connectivity index (χ0n) is 12.6. The van der Waals surface area contributed by atoms with Crippen LogP contribution in [0.1, 0.15) is 5.56 Å². The Morgan fingerprint density at radius 2 is 1.78 bits per heavy atom. The van der Waals surface area contributed by atoms with Gasteiger partial charge >= 0.3 is 0 Å². The first-order chi connectivity index (χ1) is 11.2. The Hall–Kier alpha value is -2.65. The maximum Gasteiger partial charge on any atom is 0.201 e. The minimum atomic E-state index is 0.0171. The monoisotopic (exact) mass is 318 g/mol. The van der Waals surface area contributed by atoms with Crippen molar-refractivity contribution in [3.8, 4) is 22.5 Å². The minimum Gasteiger partial charge on any atom is -0.455 e. The van der Waals surface area contributed by atoms with Crippen molar-refractivity contribution in [1.29, 1.82) is 0 Å². The van der Waals surface area contributed by atoms with Crippen molar-refractivity contribution >= 4 is 22.3 Å². The van der Waals surface area contributed by atoms with Gasteiger partial charge in [-0.3, -0.25) is 4.79 Å². The maximum absolute atomic E-state index is 13.1. The van der Waals surface area contributed by atoms with Crippen LogP contribution in [0.5, 0.6) is 0 Å². The molecule has 2 aromatic heterocycles. The van der Waals surface area contributed by atoms with E-state index in [1.807, 2.05) is 72.3 Å². The van der Waals surface area contributed by atoms with Gasteiger partial charge < -0.3 is 4.42 Å². The molecule has 0 radical (unpaired) electrons. The molecule has 0 spiro atoms. The molecule has 0 aliphatic rings. The molecule has 0 amide bonds. The van der Waals surface area contributed by atoms with Crippen LogP contribution in [0.4, 0.5) is 0 Å². The molecule has 4 rings (SSSR count). The third-order valence-corrected chi connectivity index (χ3v) is 4.58. The van der Waals surface area contributed by atoms with Crippen LogP contribution >= 0.6 is 11.3 Å². The van der Waals surface area contributed by atoms with Gasteiger partial charge in [-0.1, -0.05) is 36.4 Å². The summed E-state index contributed by atoms with van der Waals surface area (Å²) in [6.07, 6.45) is 0. The Kier molecular flexibility index (Phi) is 3.36. The smallest absolute Gasteiger partial charge is 0.201 e. The SMILES string of the molecule is Cc1ccc2c(=O)c(-c3ccsc3)c(-c3ccccc3)oc2c1. The van der Waals surface area contributed by atoms with Gasteiger partial charge in [0.2, 0.25) is 5.43 Å². The molecule has 0 bridgehead atoms. The van der Waals surface area contributed by atoms with Gasteiger partial charge in [0, 0.05) is 11.1 Å². The highest BCUT2D eigenvalue weighted by molar-refractivity contribution is 7.08. The van der Waals surface area contributed by atoms with E-state index in [-0.39, 0.29) is 5.43 Å². The Balaban J connectivity index is 2.14. The average Bonchev–Trinajstić information content (AvgIpc) is 3.09. The lowest BCUT2D eigenvalue weighted by Crippen LogP contribution is -2.07. The second kappa shape index (κ2) is 5.52. The van der Waals surface area contributed by atoms with E-state index in [1.54, 1.807) is 11.3 Å².